The standard InChI is InChI=1S/C26H37N3O4S/c1-26(2,3)21-10-12-23(13-11-21)34(31,32)28-15-14-25(30)27-19-24(29-16-5-6-17-29)20-8-7-9-22(18-20)33-4/h7-13,18,24,28H,5-6,14-17,19H2,1-4H3,(H,27,30). The lowest BCUT2D eigenvalue weighted by molar-refractivity contribution is -0.121. The lowest BCUT2D eigenvalue weighted by Gasteiger charge is -2.28. The number of likely N-dealkylation sites (tertiary alicyclic amines) is 1. The lowest BCUT2D eigenvalue weighted by atomic mass is 9.87. The highest BCUT2D eigenvalue weighted by atomic mass is 32.2. The molecule has 1 unspecified atom stereocenters. The molecule has 7 nitrogen and oxygen atoms in total. The lowest BCUT2D eigenvalue weighted by Crippen LogP contribution is -2.38. The van der Waals surface area contributed by atoms with E-state index in [0.717, 1.165) is 42.8 Å². The average Bonchev–Trinajstić information content (AvgIpc) is 3.33. The van der Waals surface area contributed by atoms with E-state index in [4.69, 9.17) is 4.74 Å². The van der Waals surface area contributed by atoms with Crippen LogP contribution < -0.4 is 14.8 Å². The van der Waals surface area contributed by atoms with E-state index in [1.54, 1.807) is 19.2 Å². The quantitative estimate of drug-likeness (QED) is 0.535. The molecule has 34 heavy (non-hydrogen) atoms. The first kappa shape index (κ1) is 26.2. The molecule has 0 spiro atoms. The van der Waals surface area contributed by atoms with Gasteiger partial charge in [-0.15, -0.1) is 0 Å². The zero-order valence-electron chi connectivity index (χ0n) is 20.6. The second kappa shape index (κ2) is 11.3. The summed E-state index contributed by atoms with van der Waals surface area (Å²) in [5.74, 6) is 0.607. The molecule has 1 aliphatic rings. The van der Waals surface area contributed by atoms with Gasteiger partial charge in [-0.1, -0.05) is 45.0 Å². The molecule has 1 atom stereocenters. The zero-order chi connectivity index (χ0) is 24.8. The van der Waals surface area contributed by atoms with Crippen LogP contribution in [0.1, 0.15) is 57.2 Å². The highest BCUT2D eigenvalue weighted by Gasteiger charge is 2.24. The van der Waals surface area contributed by atoms with E-state index in [0.29, 0.717) is 6.54 Å². The molecule has 2 aromatic carbocycles. The molecule has 0 saturated carbocycles. The Hall–Kier alpha value is -2.42. The van der Waals surface area contributed by atoms with Crippen LogP contribution in [0.2, 0.25) is 0 Å². The number of carbonyl (C=O) groups is 1. The highest BCUT2D eigenvalue weighted by Crippen LogP contribution is 2.27. The van der Waals surface area contributed by atoms with Crippen LogP contribution in [0.3, 0.4) is 0 Å². The van der Waals surface area contributed by atoms with Gasteiger partial charge in [-0.3, -0.25) is 9.69 Å². The maximum absolute atomic E-state index is 12.6. The fourth-order valence-electron chi connectivity index (χ4n) is 4.18. The second-order valence-corrected chi connectivity index (χ2v) is 11.5. The van der Waals surface area contributed by atoms with E-state index in [9.17, 15) is 13.2 Å². The van der Waals surface area contributed by atoms with E-state index in [1.165, 1.54) is 0 Å². The first-order valence-electron chi connectivity index (χ1n) is 11.8. The molecular formula is C26H37N3O4S. The zero-order valence-corrected chi connectivity index (χ0v) is 21.5. The summed E-state index contributed by atoms with van der Waals surface area (Å²) in [6.07, 6.45) is 2.37. The molecule has 0 aromatic heterocycles. The Morgan fingerprint density at radius 3 is 2.38 bits per heavy atom. The molecule has 3 rings (SSSR count). The molecule has 0 bridgehead atoms. The number of methoxy groups -OCH3 is 1. The number of hydrogen-bond donors (Lipinski definition) is 2. The molecule has 1 amide bonds. The van der Waals surface area contributed by atoms with Crippen molar-refractivity contribution in [3.63, 3.8) is 0 Å². The van der Waals surface area contributed by atoms with Crippen LogP contribution in [-0.4, -0.2) is 52.5 Å². The molecule has 1 aliphatic heterocycles. The number of carbonyl (C=O) groups excluding carboxylic acids is 1. The van der Waals surface area contributed by atoms with Crippen LogP contribution in [0.15, 0.2) is 53.4 Å². The predicted molar refractivity (Wildman–Crippen MR) is 134 cm³/mol. The number of nitrogens with one attached hydrogen (secondary N) is 2. The van der Waals surface area contributed by atoms with Crippen molar-refractivity contribution in [2.45, 2.75) is 56.4 Å². The summed E-state index contributed by atoms with van der Waals surface area (Å²) in [6.45, 7) is 8.73. The van der Waals surface area contributed by atoms with Crippen molar-refractivity contribution in [1.82, 2.24) is 14.9 Å². The molecule has 0 aliphatic carbocycles. The Morgan fingerprint density at radius 2 is 1.76 bits per heavy atom. The third-order valence-corrected chi connectivity index (χ3v) is 7.70. The summed E-state index contributed by atoms with van der Waals surface area (Å²) >= 11 is 0. The highest BCUT2D eigenvalue weighted by molar-refractivity contribution is 7.89. The summed E-state index contributed by atoms with van der Waals surface area (Å²) < 4.78 is 33.1. The molecule has 2 N–H and O–H groups in total. The molecule has 1 saturated heterocycles. The van der Waals surface area contributed by atoms with Crippen LogP contribution in [0.5, 0.6) is 5.75 Å². The number of nitrogens with zero attached hydrogens (tertiary/aromatic N) is 1. The van der Waals surface area contributed by atoms with Gasteiger partial charge in [0, 0.05) is 19.5 Å². The Balaban J connectivity index is 1.54. The first-order valence-corrected chi connectivity index (χ1v) is 13.3. The minimum absolute atomic E-state index is 0.0444. The smallest absolute Gasteiger partial charge is 0.240 e. The van der Waals surface area contributed by atoms with Crippen molar-refractivity contribution in [3.8, 4) is 5.75 Å². The summed E-state index contributed by atoms with van der Waals surface area (Å²) in [7, 11) is -2.02. The van der Waals surface area contributed by atoms with Gasteiger partial charge in [0.25, 0.3) is 0 Å². The summed E-state index contributed by atoms with van der Waals surface area (Å²) in [5, 5.41) is 2.99. The molecule has 8 heteroatoms. The fraction of sp³-hybridized carbons (Fsp3) is 0.500. The van der Waals surface area contributed by atoms with Crippen molar-refractivity contribution < 1.29 is 17.9 Å². The van der Waals surface area contributed by atoms with Gasteiger partial charge < -0.3 is 10.1 Å². The predicted octanol–water partition coefficient (Wildman–Crippen LogP) is 3.61. The Morgan fingerprint density at radius 1 is 1.09 bits per heavy atom. The van der Waals surface area contributed by atoms with Gasteiger partial charge in [-0.25, -0.2) is 13.1 Å². The number of hydrogen-bond acceptors (Lipinski definition) is 5. The summed E-state index contributed by atoms with van der Waals surface area (Å²) in [5.41, 5.74) is 2.11. The number of benzene rings is 2. The summed E-state index contributed by atoms with van der Waals surface area (Å²) in [4.78, 5) is 15.1. The fourth-order valence-corrected chi connectivity index (χ4v) is 5.21. The van der Waals surface area contributed by atoms with E-state index >= 15 is 0 Å². The maximum atomic E-state index is 12.6. The second-order valence-electron chi connectivity index (χ2n) is 9.76. The van der Waals surface area contributed by atoms with E-state index in [2.05, 4.69) is 41.8 Å². The van der Waals surface area contributed by atoms with Gasteiger partial charge in [0.15, 0.2) is 0 Å². The Bertz CT molecular complexity index is 1060. The number of rotatable bonds is 10. The van der Waals surface area contributed by atoms with Crippen molar-refractivity contribution in [3.05, 3.63) is 59.7 Å². The van der Waals surface area contributed by atoms with Gasteiger partial charge in [-0.2, -0.15) is 0 Å². The largest absolute Gasteiger partial charge is 0.497 e. The molecule has 1 heterocycles. The number of sulfonamides is 1. The molecular weight excluding hydrogens is 450 g/mol. The van der Waals surface area contributed by atoms with Gasteiger partial charge in [0.2, 0.25) is 15.9 Å². The van der Waals surface area contributed by atoms with Crippen LogP contribution in [-0.2, 0) is 20.2 Å². The van der Waals surface area contributed by atoms with Crippen LogP contribution >= 0.6 is 0 Å². The van der Waals surface area contributed by atoms with Crippen LogP contribution in [0, 0.1) is 0 Å². The Kier molecular flexibility index (Phi) is 8.73. The van der Waals surface area contributed by atoms with Gasteiger partial charge in [-0.05, 0) is 66.7 Å². The van der Waals surface area contributed by atoms with Gasteiger partial charge in [0.05, 0.1) is 18.0 Å². The van der Waals surface area contributed by atoms with Crippen molar-refractivity contribution >= 4 is 15.9 Å². The minimum atomic E-state index is -3.67. The maximum Gasteiger partial charge on any atom is 0.240 e. The normalized spacial score (nSPS) is 15.8. The number of amides is 1. The van der Waals surface area contributed by atoms with Crippen LogP contribution in [0.25, 0.3) is 0 Å². The number of ether oxygens (including phenoxy) is 1. The first-order chi connectivity index (χ1) is 16.1. The van der Waals surface area contributed by atoms with E-state index in [-0.39, 0.29) is 35.2 Å². The molecule has 186 valence electrons. The SMILES string of the molecule is COc1cccc(C(CNC(=O)CCNS(=O)(=O)c2ccc(C(C)(C)C)cc2)N2CCCC2)c1. The van der Waals surface area contributed by atoms with Gasteiger partial charge in [0.1, 0.15) is 5.75 Å². The third-order valence-electron chi connectivity index (χ3n) is 6.23. The Labute approximate surface area is 203 Å². The van der Waals surface area contributed by atoms with Crippen molar-refractivity contribution in [2.75, 3.05) is 33.3 Å². The topological polar surface area (TPSA) is 87.7 Å². The third kappa shape index (κ3) is 7.04. The average molecular weight is 488 g/mol. The monoisotopic (exact) mass is 487 g/mol. The van der Waals surface area contributed by atoms with E-state index in [1.807, 2.05) is 30.3 Å². The summed E-state index contributed by atoms with van der Waals surface area (Å²) in [6, 6.07) is 14.9. The molecule has 2 aromatic rings. The van der Waals surface area contributed by atoms with Gasteiger partial charge >= 0.3 is 0 Å². The van der Waals surface area contributed by atoms with Crippen molar-refractivity contribution in [1.29, 1.82) is 0 Å². The minimum Gasteiger partial charge on any atom is -0.497 e. The molecule has 0 radical (unpaired) electrons. The van der Waals surface area contributed by atoms with Crippen LogP contribution in [0.4, 0.5) is 0 Å². The molecule has 1 fully saturated rings. The van der Waals surface area contributed by atoms with Crippen molar-refractivity contribution in [2.24, 2.45) is 0 Å². The van der Waals surface area contributed by atoms with E-state index < -0.39 is 10.0 Å².